The van der Waals surface area contributed by atoms with Crippen molar-refractivity contribution in [2.75, 3.05) is 6.54 Å². The van der Waals surface area contributed by atoms with Crippen molar-refractivity contribution in [3.8, 4) is 0 Å². The number of benzene rings is 1. The van der Waals surface area contributed by atoms with Gasteiger partial charge in [0.1, 0.15) is 5.84 Å². The minimum atomic E-state index is -0.0266. The summed E-state index contributed by atoms with van der Waals surface area (Å²) in [5.41, 5.74) is 7.64. The van der Waals surface area contributed by atoms with Crippen LogP contribution >= 0.6 is 0 Å². The van der Waals surface area contributed by atoms with Gasteiger partial charge in [0, 0.05) is 19.4 Å². The van der Waals surface area contributed by atoms with E-state index in [1.807, 2.05) is 31.2 Å². The first-order valence-corrected chi connectivity index (χ1v) is 5.90. The number of amides is 1. The summed E-state index contributed by atoms with van der Waals surface area (Å²) < 4.78 is 0. The molecule has 1 aromatic rings. The number of rotatable bonds is 6. The predicted molar refractivity (Wildman–Crippen MR) is 70.5 cm³/mol. The third-order valence-electron chi connectivity index (χ3n) is 2.59. The van der Waals surface area contributed by atoms with Crippen molar-refractivity contribution in [3.63, 3.8) is 0 Å². The van der Waals surface area contributed by atoms with Gasteiger partial charge in [-0.2, -0.15) is 0 Å². The lowest BCUT2D eigenvalue weighted by atomic mass is 10.1. The van der Waals surface area contributed by atoms with Crippen molar-refractivity contribution in [1.29, 1.82) is 0 Å². The molecule has 1 amide bonds. The Balaban J connectivity index is 2.23. The van der Waals surface area contributed by atoms with Crippen LogP contribution in [0, 0.1) is 6.92 Å². The van der Waals surface area contributed by atoms with E-state index in [4.69, 9.17) is 10.9 Å². The van der Waals surface area contributed by atoms with Gasteiger partial charge in [-0.15, -0.1) is 0 Å². The zero-order chi connectivity index (χ0) is 13.4. The molecule has 0 aliphatic heterocycles. The first-order valence-electron chi connectivity index (χ1n) is 5.90. The fourth-order valence-corrected chi connectivity index (χ4v) is 1.48. The first kappa shape index (κ1) is 14.0. The van der Waals surface area contributed by atoms with Crippen LogP contribution in [0.15, 0.2) is 29.4 Å². The molecule has 0 aliphatic rings. The van der Waals surface area contributed by atoms with Crippen LogP contribution in [0.1, 0.15) is 24.0 Å². The zero-order valence-corrected chi connectivity index (χ0v) is 10.5. The average molecular weight is 249 g/mol. The SMILES string of the molecule is Cc1ccc(CCC(=O)NCCC(N)=NO)cc1. The number of hydrogen-bond donors (Lipinski definition) is 3. The molecule has 0 spiro atoms. The highest BCUT2D eigenvalue weighted by Crippen LogP contribution is 2.05. The predicted octanol–water partition coefficient (Wildman–Crippen LogP) is 1.18. The van der Waals surface area contributed by atoms with E-state index < -0.39 is 0 Å². The number of carbonyl (C=O) groups is 1. The lowest BCUT2D eigenvalue weighted by Gasteiger charge is -2.05. The van der Waals surface area contributed by atoms with Crippen molar-refractivity contribution in [2.45, 2.75) is 26.2 Å². The molecule has 5 heteroatoms. The zero-order valence-electron chi connectivity index (χ0n) is 10.5. The average Bonchev–Trinajstić information content (AvgIpc) is 2.38. The minimum Gasteiger partial charge on any atom is -0.409 e. The molecule has 0 saturated heterocycles. The van der Waals surface area contributed by atoms with Crippen molar-refractivity contribution in [1.82, 2.24) is 5.32 Å². The van der Waals surface area contributed by atoms with Crippen molar-refractivity contribution >= 4 is 11.7 Å². The minimum absolute atomic E-state index is 0.0266. The van der Waals surface area contributed by atoms with Gasteiger partial charge in [0.25, 0.3) is 0 Å². The van der Waals surface area contributed by atoms with Crippen molar-refractivity contribution < 1.29 is 10.0 Å². The molecule has 1 rings (SSSR count). The molecule has 0 bridgehead atoms. The van der Waals surface area contributed by atoms with Crippen LogP contribution in [0.4, 0.5) is 0 Å². The van der Waals surface area contributed by atoms with Crippen LogP contribution in [0.2, 0.25) is 0 Å². The molecule has 1 aromatic carbocycles. The summed E-state index contributed by atoms with van der Waals surface area (Å²) in [6.07, 6.45) is 1.52. The summed E-state index contributed by atoms with van der Waals surface area (Å²) in [7, 11) is 0. The van der Waals surface area contributed by atoms with E-state index in [0.29, 0.717) is 19.4 Å². The standard InChI is InChI=1S/C13H19N3O2/c1-10-2-4-11(5-3-10)6-7-13(17)15-9-8-12(14)16-18/h2-5,18H,6-9H2,1H3,(H2,14,16)(H,15,17). The van der Waals surface area contributed by atoms with E-state index >= 15 is 0 Å². The number of nitrogens with zero attached hydrogens (tertiary/aromatic N) is 1. The molecule has 98 valence electrons. The van der Waals surface area contributed by atoms with Crippen LogP contribution in [0.3, 0.4) is 0 Å². The number of oxime groups is 1. The van der Waals surface area contributed by atoms with E-state index in [2.05, 4.69) is 10.5 Å². The number of aryl methyl sites for hydroxylation is 2. The van der Waals surface area contributed by atoms with Crippen LogP contribution < -0.4 is 11.1 Å². The van der Waals surface area contributed by atoms with E-state index in [9.17, 15) is 4.79 Å². The van der Waals surface area contributed by atoms with Crippen LogP contribution in [0.5, 0.6) is 0 Å². The number of hydrogen-bond acceptors (Lipinski definition) is 3. The van der Waals surface area contributed by atoms with Gasteiger partial charge in [0.05, 0.1) is 0 Å². The maximum absolute atomic E-state index is 11.5. The molecular formula is C13H19N3O2. The molecule has 18 heavy (non-hydrogen) atoms. The fraction of sp³-hybridized carbons (Fsp3) is 0.385. The molecule has 0 aliphatic carbocycles. The molecule has 0 aromatic heterocycles. The summed E-state index contributed by atoms with van der Waals surface area (Å²) in [5, 5.41) is 13.9. The Morgan fingerprint density at radius 2 is 2.00 bits per heavy atom. The highest BCUT2D eigenvalue weighted by molar-refractivity contribution is 5.81. The van der Waals surface area contributed by atoms with Gasteiger partial charge in [-0.1, -0.05) is 35.0 Å². The third kappa shape index (κ3) is 5.34. The molecule has 0 fully saturated rings. The Morgan fingerprint density at radius 3 is 2.61 bits per heavy atom. The number of nitrogens with one attached hydrogen (secondary N) is 1. The lowest BCUT2D eigenvalue weighted by molar-refractivity contribution is -0.121. The lowest BCUT2D eigenvalue weighted by Crippen LogP contribution is -2.28. The van der Waals surface area contributed by atoms with Gasteiger partial charge in [-0.05, 0) is 18.9 Å². The highest BCUT2D eigenvalue weighted by Gasteiger charge is 2.02. The maximum atomic E-state index is 11.5. The first-order chi connectivity index (χ1) is 8.61. The van der Waals surface area contributed by atoms with Crippen LogP contribution in [0.25, 0.3) is 0 Å². The van der Waals surface area contributed by atoms with Gasteiger partial charge < -0.3 is 16.3 Å². The Hall–Kier alpha value is -2.04. The second kappa shape index (κ2) is 7.32. The van der Waals surface area contributed by atoms with Gasteiger partial charge in [-0.25, -0.2) is 0 Å². The Morgan fingerprint density at radius 1 is 1.33 bits per heavy atom. The summed E-state index contributed by atoms with van der Waals surface area (Å²) in [4.78, 5) is 11.5. The fourth-order valence-electron chi connectivity index (χ4n) is 1.48. The number of amidine groups is 1. The van der Waals surface area contributed by atoms with Gasteiger partial charge in [-0.3, -0.25) is 4.79 Å². The molecule has 0 saturated carbocycles. The third-order valence-corrected chi connectivity index (χ3v) is 2.59. The Labute approximate surface area is 107 Å². The Kier molecular flexibility index (Phi) is 5.70. The molecule has 0 atom stereocenters. The molecule has 4 N–H and O–H groups in total. The molecule has 5 nitrogen and oxygen atoms in total. The molecule has 0 radical (unpaired) electrons. The van der Waals surface area contributed by atoms with Crippen LogP contribution in [-0.4, -0.2) is 23.5 Å². The smallest absolute Gasteiger partial charge is 0.220 e. The van der Waals surface area contributed by atoms with E-state index in [-0.39, 0.29) is 11.7 Å². The second-order valence-electron chi connectivity index (χ2n) is 4.18. The highest BCUT2D eigenvalue weighted by atomic mass is 16.4. The van der Waals surface area contributed by atoms with E-state index in [1.54, 1.807) is 0 Å². The van der Waals surface area contributed by atoms with Gasteiger partial charge in [0.15, 0.2) is 0 Å². The number of carbonyl (C=O) groups excluding carboxylic acids is 1. The van der Waals surface area contributed by atoms with Crippen molar-refractivity contribution in [2.24, 2.45) is 10.9 Å². The Bertz CT molecular complexity index is 413. The molecular weight excluding hydrogens is 230 g/mol. The monoisotopic (exact) mass is 249 g/mol. The normalized spacial score (nSPS) is 11.3. The molecule has 0 unspecified atom stereocenters. The topological polar surface area (TPSA) is 87.7 Å². The summed E-state index contributed by atoms with van der Waals surface area (Å²) >= 11 is 0. The summed E-state index contributed by atoms with van der Waals surface area (Å²) in [6, 6.07) is 8.12. The van der Waals surface area contributed by atoms with E-state index in [0.717, 1.165) is 12.0 Å². The van der Waals surface area contributed by atoms with Gasteiger partial charge >= 0.3 is 0 Å². The van der Waals surface area contributed by atoms with Gasteiger partial charge in [0.2, 0.25) is 5.91 Å². The second-order valence-corrected chi connectivity index (χ2v) is 4.18. The molecule has 0 heterocycles. The summed E-state index contributed by atoms with van der Waals surface area (Å²) in [6.45, 7) is 2.42. The van der Waals surface area contributed by atoms with Crippen LogP contribution in [-0.2, 0) is 11.2 Å². The summed E-state index contributed by atoms with van der Waals surface area (Å²) in [5.74, 6) is 0.0927. The van der Waals surface area contributed by atoms with Crippen molar-refractivity contribution in [3.05, 3.63) is 35.4 Å². The quantitative estimate of drug-likeness (QED) is 0.306. The van der Waals surface area contributed by atoms with E-state index in [1.165, 1.54) is 5.56 Å². The maximum Gasteiger partial charge on any atom is 0.220 e. The number of nitrogens with two attached hydrogens (primary N) is 1. The largest absolute Gasteiger partial charge is 0.409 e.